The Kier molecular flexibility index (Phi) is 5.12. The van der Waals surface area contributed by atoms with Gasteiger partial charge >= 0.3 is 12.0 Å². The van der Waals surface area contributed by atoms with E-state index in [2.05, 4.69) is 5.32 Å². The quantitative estimate of drug-likeness (QED) is 0.469. The minimum atomic E-state index is -1.14. The lowest BCUT2D eigenvalue weighted by Crippen LogP contribution is -2.30. The Hall–Kier alpha value is -3.84. The van der Waals surface area contributed by atoms with Crippen LogP contribution in [0, 0.1) is 0 Å². The van der Waals surface area contributed by atoms with Crippen molar-refractivity contribution in [3.63, 3.8) is 0 Å². The minimum absolute atomic E-state index is 0.0414. The zero-order valence-corrected chi connectivity index (χ0v) is 16.2. The van der Waals surface area contributed by atoms with Gasteiger partial charge in [0.25, 0.3) is 5.91 Å². The SMILES string of the molecule is O=C(O)c1cc(-c2ccc(/C=C3\NC(=O)N(Cc4ccccc4)C3=O)o2)ccc1Cl. The summed E-state index contributed by atoms with van der Waals surface area (Å²) in [7, 11) is 0. The largest absolute Gasteiger partial charge is 0.478 e. The molecule has 3 aromatic rings. The number of aromatic carboxylic acids is 1. The van der Waals surface area contributed by atoms with Crippen LogP contribution in [0.25, 0.3) is 17.4 Å². The molecule has 0 spiro atoms. The lowest BCUT2D eigenvalue weighted by Gasteiger charge is -2.11. The molecule has 1 aromatic heterocycles. The summed E-state index contributed by atoms with van der Waals surface area (Å²) in [5, 5.41) is 11.9. The smallest absolute Gasteiger partial charge is 0.337 e. The standard InChI is InChI=1S/C22H15ClN2O5/c23-17-8-6-14(10-16(17)21(27)28)19-9-7-15(30-19)11-18-20(26)25(22(29)24-18)12-13-4-2-1-3-5-13/h1-11H,12H2,(H,24,29)(H,27,28)/b18-11-. The second-order valence-corrected chi connectivity index (χ2v) is 6.97. The molecule has 0 unspecified atom stereocenters. The van der Waals surface area contributed by atoms with E-state index in [1.807, 2.05) is 30.3 Å². The maximum Gasteiger partial charge on any atom is 0.337 e. The maximum absolute atomic E-state index is 12.6. The van der Waals surface area contributed by atoms with Crippen LogP contribution >= 0.6 is 11.6 Å². The van der Waals surface area contributed by atoms with E-state index in [-0.39, 0.29) is 22.8 Å². The lowest BCUT2D eigenvalue weighted by atomic mass is 10.1. The number of halogens is 1. The highest BCUT2D eigenvalue weighted by atomic mass is 35.5. The molecule has 30 heavy (non-hydrogen) atoms. The predicted octanol–water partition coefficient (Wildman–Crippen LogP) is 4.39. The third kappa shape index (κ3) is 3.83. The van der Waals surface area contributed by atoms with Crippen molar-refractivity contribution < 1.29 is 23.9 Å². The third-order valence-electron chi connectivity index (χ3n) is 4.54. The van der Waals surface area contributed by atoms with Gasteiger partial charge in [-0.1, -0.05) is 41.9 Å². The molecule has 0 atom stereocenters. The van der Waals surface area contributed by atoms with Crippen LogP contribution < -0.4 is 5.32 Å². The van der Waals surface area contributed by atoms with Gasteiger partial charge in [0.1, 0.15) is 17.2 Å². The first-order valence-electron chi connectivity index (χ1n) is 8.94. The molecule has 1 aliphatic heterocycles. The summed E-state index contributed by atoms with van der Waals surface area (Å²) in [4.78, 5) is 37.2. The Morgan fingerprint density at radius 1 is 1.10 bits per heavy atom. The van der Waals surface area contributed by atoms with Crippen LogP contribution in [0.15, 0.2) is 70.8 Å². The van der Waals surface area contributed by atoms with E-state index in [0.717, 1.165) is 10.5 Å². The summed E-state index contributed by atoms with van der Waals surface area (Å²) in [5.74, 6) is -0.865. The molecule has 0 saturated carbocycles. The number of nitrogens with zero attached hydrogens (tertiary/aromatic N) is 1. The molecule has 2 aromatic carbocycles. The zero-order valence-electron chi connectivity index (χ0n) is 15.5. The first kappa shape index (κ1) is 19.5. The predicted molar refractivity (Wildman–Crippen MR) is 110 cm³/mol. The second-order valence-electron chi connectivity index (χ2n) is 6.57. The first-order valence-corrected chi connectivity index (χ1v) is 9.31. The monoisotopic (exact) mass is 422 g/mol. The van der Waals surface area contributed by atoms with Crippen molar-refractivity contribution >= 4 is 35.6 Å². The van der Waals surface area contributed by atoms with Gasteiger partial charge in [-0.15, -0.1) is 0 Å². The zero-order chi connectivity index (χ0) is 21.3. The molecule has 1 fully saturated rings. The summed E-state index contributed by atoms with van der Waals surface area (Å²) >= 11 is 5.90. The molecule has 150 valence electrons. The summed E-state index contributed by atoms with van der Waals surface area (Å²) in [5.41, 5.74) is 1.41. The van der Waals surface area contributed by atoms with E-state index in [4.69, 9.17) is 16.0 Å². The van der Waals surface area contributed by atoms with Crippen LogP contribution in [0.3, 0.4) is 0 Å². The second kappa shape index (κ2) is 7.88. The number of urea groups is 1. The third-order valence-corrected chi connectivity index (χ3v) is 4.87. The number of carbonyl (C=O) groups is 3. The van der Waals surface area contributed by atoms with Gasteiger partial charge in [0, 0.05) is 11.6 Å². The number of amides is 3. The molecule has 3 amide bonds. The van der Waals surface area contributed by atoms with E-state index in [0.29, 0.717) is 17.1 Å². The van der Waals surface area contributed by atoms with Gasteiger partial charge in [-0.2, -0.15) is 0 Å². The van der Waals surface area contributed by atoms with E-state index >= 15 is 0 Å². The van der Waals surface area contributed by atoms with Crippen molar-refractivity contribution in [1.29, 1.82) is 0 Å². The van der Waals surface area contributed by atoms with Gasteiger partial charge in [0.15, 0.2) is 0 Å². The number of carboxylic acids is 1. The van der Waals surface area contributed by atoms with Crippen molar-refractivity contribution in [3.05, 3.63) is 88.3 Å². The highest BCUT2D eigenvalue weighted by molar-refractivity contribution is 6.33. The highest BCUT2D eigenvalue weighted by Gasteiger charge is 2.33. The molecule has 0 bridgehead atoms. The van der Waals surface area contributed by atoms with Crippen molar-refractivity contribution in [2.45, 2.75) is 6.54 Å². The molecule has 2 heterocycles. The normalized spacial score (nSPS) is 15.0. The van der Waals surface area contributed by atoms with Gasteiger partial charge < -0.3 is 14.8 Å². The number of carbonyl (C=O) groups excluding carboxylic acids is 2. The van der Waals surface area contributed by atoms with Gasteiger partial charge in [-0.05, 0) is 35.9 Å². The van der Waals surface area contributed by atoms with Crippen molar-refractivity contribution in [3.8, 4) is 11.3 Å². The topological polar surface area (TPSA) is 99.9 Å². The fourth-order valence-electron chi connectivity index (χ4n) is 3.05. The number of hydrogen-bond donors (Lipinski definition) is 2. The molecule has 8 heteroatoms. The van der Waals surface area contributed by atoms with Gasteiger partial charge in [0.05, 0.1) is 17.1 Å². The minimum Gasteiger partial charge on any atom is -0.478 e. The molecule has 1 aliphatic rings. The average molecular weight is 423 g/mol. The molecule has 1 saturated heterocycles. The molecule has 2 N–H and O–H groups in total. The molecule has 0 aliphatic carbocycles. The lowest BCUT2D eigenvalue weighted by molar-refractivity contribution is -0.123. The van der Waals surface area contributed by atoms with Crippen LogP contribution in [-0.2, 0) is 11.3 Å². The number of nitrogens with one attached hydrogen (secondary N) is 1. The molecular weight excluding hydrogens is 408 g/mol. The van der Waals surface area contributed by atoms with E-state index in [1.54, 1.807) is 18.2 Å². The number of rotatable bonds is 5. The first-order chi connectivity index (χ1) is 14.4. The highest BCUT2D eigenvalue weighted by Crippen LogP contribution is 2.28. The van der Waals surface area contributed by atoms with E-state index in [1.165, 1.54) is 18.2 Å². The number of benzene rings is 2. The molecule has 4 rings (SSSR count). The Morgan fingerprint density at radius 3 is 2.60 bits per heavy atom. The Bertz CT molecular complexity index is 1180. The Morgan fingerprint density at radius 2 is 1.87 bits per heavy atom. The maximum atomic E-state index is 12.6. The summed E-state index contributed by atoms with van der Waals surface area (Å²) in [6.45, 7) is 0.162. The summed E-state index contributed by atoms with van der Waals surface area (Å²) in [6, 6.07) is 16.5. The van der Waals surface area contributed by atoms with Gasteiger partial charge in [-0.3, -0.25) is 9.69 Å². The number of furan rings is 1. The van der Waals surface area contributed by atoms with Crippen molar-refractivity contribution in [2.24, 2.45) is 0 Å². The number of hydrogen-bond acceptors (Lipinski definition) is 4. The van der Waals surface area contributed by atoms with E-state index < -0.39 is 17.9 Å². The summed E-state index contributed by atoms with van der Waals surface area (Å²) in [6.07, 6.45) is 1.43. The van der Waals surface area contributed by atoms with Gasteiger partial charge in [0.2, 0.25) is 0 Å². The van der Waals surface area contributed by atoms with E-state index in [9.17, 15) is 19.5 Å². The molecule has 0 radical (unpaired) electrons. The van der Waals surface area contributed by atoms with Crippen LogP contribution in [0.4, 0.5) is 4.79 Å². The van der Waals surface area contributed by atoms with Crippen LogP contribution in [-0.4, -0.2) is 27.9 Å². The fraction of sp³-hybridized carbons (Fsp3) is 0.0455. The Labute approximate surface area is 176 Å². The number of carboxylic acid groups (broad SMARTS) is 1. The van der Waals surface area contributed by atoms with Crippen molar-refractivity contribution in [1.82, 2.24) is 10.2 Å². The molecule has 7 nitrogen and oxygen atoms in total. The molecular formula is C22H15ClN2O5. The Balaban J connectivity index is 1.56. The van der Waals surface area contributed by atoms with Crippen LogP contribution in [0.1, 0.15) is 21.7 Å². The van der Waals surface area contributed by atoms with Gasteiger partial charge in [-0.25, -0.2) is 9.59 Å². The van der Waals surface area contributed by atoms with Crippen LogP contribution in [0.5, 0.6) is 0 Å². The number of imide groups is 1. The summed E-state index contributed by atoms with van der Waals surface area (Å²) < 4.78 is 5.71. The average Bonchev–Trinajstić information content (AvgIpc) is 3.29. The van der Waals surface area contributed by atoms with Crippen LogP contribution in [0.2, 0.25) is 5.02 Å². The van der Waals surface area contributed by atoms with Crippen molar-refractivity contribution in [2.75, 3.05) is 0 Å². The fourth-order valence-corrected chi connectivity index (χ4v) is 3.25.